The average Bonchev–Trinajstić information content (AvgIpc) is 2.26. The molecule has 0 saturated heterocycles. The molecule has 0 bridgehead atoms. The molecule has 0 saturated carbocycles. The number of anilines is 1. The second-order valence-electron chi connectivity index (χ2n) is 3.84. The van der Waals surface area contributed by atoms with E-state index < -0.39 is 10.0 Å². The maximum absolute atomic E-state index is 12.0. The highest BCUT2D eigenvalue weighted by Gasteiger charge is 2.19. The quantitative estimate of drug-likeness (QED) is 0.745. The largest absolute Gasteiger partial charge is 0.398 e. The van der Waals surface area contributed by atoms with Gasteiger partial charge in [0.05, 0.1) is 5.69 Å². The lowest BCUT2D eigenvalue weighted by molar-refractivity contribution is 0.188. The molecule has 5 nitrogen and oxygen atoms in total. The van der Waals surface area contributed by atoms with Gasteiger partial charge in [-0.05, 0) is 25.5 Å². The predicted octanol–water partition coefficient (Wildman–Crippen LogP) is 0.972. The molecular formula is C11H18N2O3S. The number of nitrogen functional groups attached to an aromatic ring is 1. The van der Waals surface area contributed by atoms with Gasteiger partial charge < -0.3 is 10.5 Å². The van der Waals surface area contributed by atoms with Crippen LogP contribution < -0.4 is 10.5 Å². The topological polar surface area (TPSA) is 81.4 Å². The first-order valence-corrected chi connectivity index (χ1v) is 6.81. The van der Waals surface area contributed by atoms with Crippen LogP contribution in [0.2, 0.25) is 0 Å². The lowest BCUT2D eigenvalue weighted by Crippen LogP contribution is -2.33. The number of hydrogen-bond donors (Lipinski definition) is 2. The minimum atomic E-state index is -3.55. The van der Waals surface area contributed by atoms with Gasteiger partial charge in [-0.2, -0.15) is 0 Å². The summed E-state index contributed by atoms with van der Waals surface area (Å²) in [6.07, 6.45) is 0.614. The van der Waals surface area contributed by atoms with E-state index in [2.05, 4.69) is 4.72 Å². The molecule has 96 valence electrons. The van der Waals surface area contributed by atoms with E-state index in [4.69, 9.17) is 10.5 Å². The van der Waals surface area contributed by atoms with E-state index in [1.807, 2.05) is 0 Å². The van der Waals surface area contributed by atoms with Gasteiger partial charge in [-0.3, -0.25) is 0 Å². The summed E-state index contributed by atoms with van der Waals surface area (Å²) in [7, 11) is -1.97. The smallest absolute Gasteiger partial charge is 0.242 e. The van der Waals surface area contributed by atoms with Crippen LogP contribution >= 0.6 is 0 Å². The zero-order valence-corrected chi connectivity index (χ0v) is 10.8. The van der Waals surface area contributed by atoms with Gasteiger partial charge in [0.15, 0.2) is 0 Å². The second-order valence-corrected chi connectivity index (χ2v) is 5.52. The van der Waals surface area contributed by atoms with Gasteiger partial charge >= 0.3 is 0 Å². The van der Waals surface area contributed by atoms with Gasteiger partial charge in [-0.25, -0.2) is 13.1 Å². The first-order chi connectivity index (χ1) is 7.97. The van der Waals surface area contributed by atoms with E-state index in [0.29, 0.717) is 13.0 Å². The molecule has 1 rings (SSSR count). The van der Waals surface area contributed by atoms with E-state index in [9.17, 15) is 8.42 Å². The summed E-state index contributed by atoms with van der Waals surface area (Å²) in [5.41, 5.74) is 5.89. The van der Waals surface area contributed by atoms with Crippen LogP contribution in [0.5, 0.6) is 0 Å². The van der Waals surface area contributed by atoms with Gasteiger partial charge in [0.1, 0.15) is 4.90 Å². The number of methoxy groups -OCH3 is 1. The van der Waals surface area contributed by atoms with Crippen LogP contribution in [0.4, 0.5) is 5.69 Å². The van der Waals surface area contributed by atoms with E-state index >= 15 is 0 Å². The lowest BCUT2D eigenvalue weighted by atomic mass is 10.3. The van der Waals surface area contributed by atoms with Crippen molar-refractivity contribution in [2.45, 2.75) is 24.3 Å². The fraction of sp³-hybridized carbons (Fsp3) is 0.455. The molecule has 1 atom stereocenters. The average molecular weight is 258 g/mol. The number of nitrogens with two attached hydrogens (primary N) is 1. The van der Waals surface area contributed by atoms with Crippen LogP contribution in [0.15, 0.2) is 29.2 Å². The maximum atomic E-state index is 12.0. The molecule has 6 heteroatoms. The fourth-order valence-electron chi connectivity index (χ4n) is 1.41. The van der Waals surface area contributed by atoms with E-state index in [-0.39, 0.29) is 16.6 Å². The highest BCUT2D eigenvalue weighted by molar-refractivity contribution is 7.89. The summed E-state index contributed by atoms with van der Waals surface area (Å²) in [6.45, 7) is 2.30. The molecular weight excluding hydrogens is 240 g/mol. The Morgan fingerprint density at radius 3 is 2.65 bits per heavy atom. The third kappa shape index (κ3) is 3.99. The molecule has 0 heterocycles. The first kappa shape index (κ1) is 14.0. The molecule has 0 aromatic heterocycles. The molecule has 3 N–H and O–H groups in total. The molecule has 0 aliphatic carbocycles. The Hall–Kier alpha value is -1.11. The zero-order chi connectivity index (χ0) is 12.9. The number of rotatable bonds is 6. The number of benzene rings is 1. The maximum Gasteiger partial charge on any atom is 0.242 e. The number of hydrogen-bond acceptors (Lipinski definition) is 4. The minimum absolute atomic E-state index is 0.115. The fourth-order valence-corrected chi connectivity index (χ4v) is 2.82. The summed E-state index contributed by atoms with van der Waals surface area (Å²) < 4.78 is 31.4. The van der Waals surface area contributed by atoms with Gasteiger partial charge in [-0.15, -0.1) is 0 Å². The Bertz CT molecular complexity index is 460. The van der Waals surface area contributed by atoms with Crippen LogP contribution in [0.25, 0.3) is 0 Å². The summed E-state index contributed by atoms with van der Waals surface area (Å²) in [6, 6.07) is 6.20. The highest BCUT2D eigenvalue weighted by Crippen LogP contribution is 2.17. The minimum Gasteiger partial charge on any atom is -0.398 e. The SMILES string of the molecule is COCCC(C)NS(=O)(=O)c1ccccc1N. The highest BCUT2D eigenvalue weighted by atomic mass is 32.2. The summed E-state index contributed by atoms with van der Waals surface area (Å²) in [4.78, 5) is 0.115. The predicted molar refractivity (Wildman–Crippen MR) is 67.1 cm³/mol. The van der Waals surface area contributed by atoms with E-state index in [1.165, 1.54) is 6.07 Å². The molecule has 1 aromatic carbocycles. The Balaban J connectivity index is 2.79. The Kier molecular flexibility index (Phi) is 4.92. The van der Waals surface area contributed by atoms with Crippen molar-refractivity contribution in [1.82, 2.24) is 4.72 Å². The van der Waals surface area contributed by atoms with Crippen molar-refractivity contribution in [3.05, 3.63) is 24.3 Å². The number of nitrogens with one attached hydrogen (secondary N) is 1. The molecule has 0 amide bonds. The molecule has 17 heavy (non-hydrogen) atoms. The van der Waals surface area contributed by atoms with Crippen molar-refractivity contribution < 1.29 is 13.2 Å². The molecule has 0 fully saturated rings. The van der Waals surface area contributed by atoms with Crippen LogP contribution in [0, 0.1) is 0 Å². The number of ether oxygens (including phenoxy) is 1. The number of sulfonamides is 1. The molecule has 1 aromatic rings. The van der Waals surface area contributed by atoms with Crippen molar-refractivity contribution in [2.24, 2.45) is 0 Å². The van der Waals surface area contributed by atoms with Crippen molar-refractivity contribution in [1.29, 1.82) is 0 Å². The van der Waals surface area contributed by atoms with Gasteiger partial charge in [0.2, 0.25) is 10.0 Å². The van der Waals surface area contributed by atoms with Gasteiger partial charge in [0.25, 0.3) is 0 Å². The standard InChI is InChI=1S/C11H18N2O3S/c1-9(7-8-16-2)13-17(14,15)11-6-4-3-5-10(11)12/h3-6,9,13H,7-8,12H2,1-2H3. The molecule has 0 spiro atoms. The third-order valence-electron chi connectivity index (χ3n) is 2.32. The summed E-state index contributed by atoms with van der Waals surface area (Å²) in [5, 5.41) is 0. The number of para-hydroxylation sites is 1. The van der Waals surface area contributed by atoms with Crippen molar-refractivity contribution in [3.8, 4) is 0 Å². The normalized spacial score (nSPS) is 13.5. The molecule has 1 unspecified atom stereocenters. The van der Waals surface area contributed by atoms with Crippen molar-refractivity contribution >= 4 is 15.7 Å². The van der Waals surface area contributed by atoms with Gasteiger partial charge in [-0.1, -0.05) is 12.1 Å². The van der Waals surface area contributed by atoms with Gasteiger partial charge in [0, 0.05) is 19.8 Å². The van der Waals surface area contributed by atoms with Crippen LogP contribution in [-0.4, -0.2) is 28.2 Å². The monoisotopic (exact) mass is 258 g/mol. The van der Waals surface area contributed by atoms with Crippen LogP contribution in [-0.2, 0) is 14.8 Å². The first-order valence-electron chi connectivity index (χ1n) is 5.33. The second kappa shape index (κ2) is 6.00. The summed E-state index contributed by atoms with van der Waals surface area (Å²) >= 11 is 0. The molecule has 0 aliphatic rings. The third-order valence-corrected chi connectivity index (χ3v) is 3.98. The van der Waals surface area contributed by atoms with E-state index in [1.54, 1.807) is 32.2 Å². The van der Waals surface area contributed by atoms with Crippen molar-refractivity contribution in [3.63, 3.8) is 0 Å². The van der Waals surface area contributed by atoms with Crippen molar-refractivity contribution in [2.75, 3.05) is 19.5 Å². The zero-order valence-electron chi connectivity index (χ0n) is 10.0. The summed E-state index contributed by atoms with van der Waals surface area (Å²) in [5.74, 6) is 0. The van der Waals surface area contributed by atoms with Crippen LogP contribution in [0.1, 0.15) is 13.3 Å². The molecule has 0 aliphatic heterocycles. The van der Waals surface area contributed by atoms with Crippen LogP contribution in [0.3, 0.4) is 0 Å². The molecule has 0 radical (unpaired) electrons. The Morgan fingerprint density at radius 2 is 2.06 bits per heavy atom. The Labute approximate surface area is 102 Å². The lowest BCUT2D eigenvalue weighted by Gasteiger charge is -2.14. The Morgan fingerprint density at radius 1 is 1.41 bits per heavy atom. The van der Waals surface area contributed by atoms with E-state index in [0.717, 1.165) is 0 Å².